The number of rotatable bonds is 2. The molecule has 0 aromatic rings. The summed E-state index contributed by atoms with van der Waals surface area (Å²) in [6.45, 7) is -0.0897. The van der Waals surface area contributed by atoms with Gasteiger partial charge in [-0.3, -0.25) is 0 Å². The fourth-order valence-corrected chi connectivity index (χ4v) is 0.916. The van der Waals surface area contributed by atoms with Crippen molar-refractivity contribution in [3.8, 4) is 6.07 Å². The molecule has 0 aromatic carbocycles. The quantitative estimate of drug-likeness (QED) is 0.628. The second kappa shape index (κ2) is 1.89. The van der Waals surface area contributed by atoms with Gasteiger partial charge in [0, 0.05) is 6.54 Å². The van der Waals surface area contributed by atoms with Crippen LogP contribution in [0, 0.1) is 16.7 Å². The highest BCUT2D eigenvalue weighted by atomic mass is 19.3. The van der Waals surface area contributed by atoms with Gasteiger partial charge in [-0.1, -0.05) is 0 Å². The first-order valence-electron chi connectivity index (χ1n) is 3.07. The van der Waals surface area contributed by atoms with Crippen LogP contribution in [0.2, 0.25) is 0 Å². The van der Waals surface area contributed by atoms with E-state index in [1.807, 2.05) is 0 Å². The molecular weight excluding hydrogens is 138 g/mol. The van der Waals surface area contributed by atoms with Crippen LogP contribution >= 0.6 is 0 Å². The molecule has 0 bridgehead atoms. The van der Waals surface area contributed by atoms with E-state index in [0.29, 0.717) is 12.8 Å². The van der Waals surface area contributed by atoms with Gasteiger partial charge in [-0.2, -0.15) is 14.0 Å². The lowest BCUT2D eigenvalue weighted by molar-refractivity contribution is -0.0119. The van der Waals surface area contributed by atoms with E-state index >= 15 is 0 Å². The highest BCUT2D eigenvalue weighted by Gasteiger charge is 2.61. The molecule has 1 aliphatic rings. The Hall–Kier alpha value is -0.690. The molecular formula is C6H8F2N2. The van der Waals surface area contributed by atoms with Gasteiger partial charge in [0.25, 0.3) is 0 Å². The smallest absolute Gasteiger partial charge is 0.330 e. The first-order chi connectivity index (χ1) is 4.58. The Morgan fingerprint density at radius 1 is 1.60 bits per heavy atom. The van der Waals surface area contributed by atoms with Crippen molar-refractivity contribution in [3.05, 3.63) is 0 Å². The van der Waals surface area contributed by atoms with E-state index in [9.17, 15) is 8.78 Å². The van der Waals surface area contributed by atoms with E-state index in [2.05, 4.69) is 0 Å². The maximum atomic E-state index is 12.6. The minimum Gasteiger partial charge on any atom is -0.330 e. The molecule has 0 radical (unpaired) electrons. The SMILES string of the molecule is N#CC(F)(F)C1(CN)CC1. The molecule has 0 saturated heterocycles. The van der Waals surface area contributed by atoms with E-state index in [4.69, 9.17) is 11.0 Å². The molecule has 1 aliphatic carbocycles. The third-order valence-electron chi connectivity index (χ3n) is 2.05. The lowest BCUT2D eigenvalue weighted by Gasteiger charge is -2.17. The molecule has 1 saturated carbocycles. The Balaban J connectivity index is 2.74. The van der Waals surface area contributed by atoms with Crippen molar-refractivity contribution < 1.29 is 8.78 Å². The molecule has 0 atom stereocenters. The van der Waals surface area contributed by atoms with E-state index in [1.54, 1.807) is 0 Å². The third-order valence-corrected chi connectivity index (χ3v) is 2.05. The summed E-state index contributed by atoms with van der Waals surface area (Å²) in [6, 6.07) is 0.982. The monoisotopic (exact) mass is 146 g/mol. The average molecular weight is 146 g/mol. The Labute approximate surface area is 57.6 Å². The number of alkyl halides is 2. The summed E-state index contributed by atoms with van der Waals surface area (Å²) >= 11 is 0. The van der Waals surface area contributed by atoms with Crippen LogP contribution in [0.25, 0.3) is 0 Å². The predicted octanol–water partition coefficient (Wildman–Crippen LogP) is 0.884. The molecule has 10 heavy (non-hydrogen) atoms. The molecule has 0 aliphatic heterocycles. The largest absolute Gasteiger partial charge is 0.338 e. The minimum absolute atomic E-state index is 0.0897. The van der Waals surface area contributed by atoms with Gasteiger partial charge in [0.1, 0.15) is 6.07 Å². The number of nitrogens with two attached hydrogens (primary N) is 1. The van der Waals surface area contributed by atoms with Gasteiger partial charge in [0.05, 0.1) is 5.41 Å². The standard InChI is InChI=1S/C6H8F2N2/c7-6(8,4-10)5(3-9)1-2-5/h1-3,9H2. The maximum Gasteiger partial charge on any atom is 0.338 e. The number of hydrogen-bond acceptors (Lipinski definition) is 2. The first kappa shape index (κ1) is 7.42. The van der Waals surface area contributed by atoms with Gasteiger partial charge in [0.2, 0.25) is 0 Å². The van der Waals surface area contributed by atoms with Crippen molar-refractivity contribution in [2.75, 3.05) is 6.54 Å². The van der Waals surface area contributed by atoms with Crippen molar-refractivity contribution in [2.45, 2.75) is 18.8 Å². The van der Waals surface area contributed by atoms with E-state index < -0.39 is 11.3 Å². The Kier molecular flexibility index (Phi) is 1.41. The lowest BCUT2D eigenvalue weighted by Crippen LogP contribution is -2.34. The average Bonchev–Trinajstić information content (AvgIpc) is 2.67. The van der Waals surface area contributed by atoms with Crippen molar-refractivity contribution in [3.63, 3.8) is 0 Å². The summed E-state index contributed by atoms with van der Waals surface area (Å²) in [5.74, 6) is -3.22. The normalized spacial score (nSPS) is 21.8. The lowest BCUT2D eigenvalue weighted by atomic mass is 10.00. The van der Waals surface area contributed by atoms with Crippen LogP contribution in [0.15, 0.2) is 0 Å². The van der Waals surface area contributed by atoms with Crippen LogP contribution in [-0.4, -0.2) is 12.5 Å². The molecule has 0 heterocycles. The van der Waals surface area contributed by atoms with Gasteiger partial charge in [-0.15, -0.1) is 0 Å². The molecule has 2 nitrogen and oxygen atoms in total. The van der Waals surface area contributed by atoms with Crippen LogP contribution in [0.3, 0.4) is 0 Å². The molecule has 1 fully saturated rings. The fraction of sp³-hybridized carbons (Fsp3) is 0.833. The van der Waals surface area contributed by atoms with Crippen molar-refractivity contribution in [2.24, 2.45) is 11.1 Å². The number of nitrogens with zero attached hydrogens (tertiary/aromatic N) is 1. The zero-order valence-electron chi connectivity index (χ0n) is 5.40. The highest BCUT2D eigenvalue weighted by Crippen LogP contribution is 2.55. The predicted molar refractivity (Wildman–Crippen MR) is 31.3 cm³/mol. The molecule has 2 N–H and O–H groups in total. The summed E-state index contributed by atoms with van der Waals surface area (Å²) in [7, 11) is 0. The molecule has 0 spiro atoms. The van der Waals surface area contributed by atoms with Crippen molar-refractivity contribution >= 4 is 0 Å². The Morgan fingerprint density at radius 2 is 2.10 bits per heavy atom. The zero-order valence-corrected chi connectivity index (χ0v) is 5.40. The number of halogens is 2. The van der Waals surface area contributed by atoms with E-state index in [0.717, 1.165) is 6.07 Å². The van der Waals surface area contributed by atoms with Crippen LogP contribution in [0.1, 0.15) is 12.8 Å². The topological polar surface area (TPSA) is 49.8 Å². The van der Waals surface area contributed by atoms with Crippen LogP contribution < -0.4 is 5.73 Å². The second-order valence-corrected chi connectivity index (χ2v) is 2.67. The summed E-state index contributed by atoms with van der Waals surface area (Å²) < 4.78 is 25.1. The number of hydrogen-bond donors (Lipinski definition) is 1. The summed E-state index contributed by atoms with van der Waals surface area (Å²) in [5.41, 5.74) is 3.92. The van der Waals surface area contributed by atoms with E-state index in [1.165, 1.54) is 0 Å². The number of nitriles is 1. The van der Waals surface area contributed by atoms with Crippen LogP contribution in [0.5, 0.6) is 0 Å². The highest BCUT2D eigenvalue weighted by molar-refractivity contribution is 5.13. The molecule has 0 aromatic heterocycles. The van der Waals surface area contributed by atoms with Crippen molar-refractivity contribution in [1.29, 1.82) is 5.26 Å². The van der Waals surface area contributed by atoms with Crippen molar-refractivity contribution in [1.82, 2.24) is 0 Å². The molecule has 1 rings (SSSR count). The second-order valence-electron chi connectivity index (χ2n) is 2.67. The van der Waals surface area contributed by atoms with Crippen LogP contribution in [0.4, 0.5) is 8.78 Å². The Bertz CT molecular complexity index is 179. The van der Waals surface area contributed by atoms with Gasteiger partial charge >= 0.3 is 5.92 Å². The fourth-order valence-electron chi connectivity index (χ4n) is 0.916. The maximum absolute atomic E-state index is 12.6. The summed E-state index contributed by atoms with van der Waals surface area (Å²) in [4.78, 5) is 0. The molecule has 4 heteroatoms. The Morgan fingerprint density at radius 3 is 2.20 bits per heavy atom. The van der Waals surface area contributed by atoms with Gasteiger partial charge < -0.3 is 5.73 Å². The first-order valence-corrected chi connectivity index (χ1v) is 3.07. The zero-order chi connectivity index (χ0) is 7.83. The van der Waals surface area contributed by atoms with Gasteiger partial charge in [-0.25, -0.2) is 0 Å². The van der Waals surface area contributed by atoms with Gasteiger partial charge in [0.15, 0.2) is 0 Å². The summed E-state index contributed by atoms with van der Waals surface area (Å²) in [6.07, 6.45) is 0.758. The molecule has 56 valence electrons. The van der Waals surface area contributed by atoms with E-state index in [-0.39, 0.29) is 6.54 Å². The molecule has 0 unspecified atom stereocenters. The minimum atomic E-state index is -3.22. The third kappa shape index (κ3) is 0.781. The van der Waals surface area contributed by atoms with Crippen LogP contribution in [-0.2, 0) is 0 Å². The van der Waals surface area contributed by atoms with Gasteiger partial charge in [-0.05, 0) is 12.8 Å². The summed E-state index contributed by atoms with van der Waals surface area (Å²) in [5, 5.41) is 8.05. The molecule has 0 amide bonds.